The van der Waals surface area contributed by atoms with Crippen LogP contribution in [0.3, 0.4) is 0 Å². The standard InChI is InChI=1S/C14H21N3O2/c1-14(2,3)17-12(18)8-9(15)13(17)10-6-5-7-11(16-10)19-4/h5-7,9,13H,8,15H2,1-4H3. The van der Waals surface area contributed by atoms with E-state index in [1.54, 1.807) is 13.2 Å². The molecule has 5 heteroatoms. The molecule has 5 nitrogen and oxygen atoms in total. The first-order valence-corrected chi connectivity index (χ1v) is 6.43. The number of carbonyl (C=O) groups is 1. The van der Waals surface area contributed by atoms with Gasteiger partial charge in [-0.2, -0.15) is 0 Å². The van der Waals surface area contributed by atoms with Crippen molar-refractivity contribution in [2.75, 3.05) is 7.11 Å². The lowest BCUT2D eigenvalue weighted by Crippen LogP contribution is -2.45. The third kappa shape index (κ3) is 2.56. The fourth-order valence-corrected chi connectivity index (χ4v) is 2.61. The lowest BCUT2D eigenvalue weighted by atomic mass is 10.0. The van der Waals surface area contributed by atoms with Crippen LogP contribution in [0.5, 0.6) is 5.88 Å². The number of nitrogens with two attached hydrogens (primary N) is 1. The summed E-state index contributed by atoms with van der Waals surface area (Å²) in [5.74, 6) is 0.618. The Bertz CT molecular complexity index is 482. The van der Waals surface area contributed by atoms with Crippen molar-refractivity contribution in [3.05, 3.63) is 23.9 Å². The average Bonchev–Trinajstić information content (AvgIpc) is 2.64. The van der Waals surface area contributed by atoms with Crippen LogP contribution >= 0.6 is 0 Å². The quantitative estimate of drug-likeness (QED) is 0.877. The number of pyridine rings is 1. The van der Waals surface area contributed by atoms with Crippen molar-refractivity contribution < 1.29 is 9.53 Å². The molecule has 0 saturated carbocycles. The first kappa shape index (κ1) is 13.8. The van der Waals surface area contributed by atoms with Gasteiger partial charge in [0.1, 0.15) is 0 Å². The lowest BCUT2D eigenvalue weighted by Gasteiger charge is -2.37. The summed E-state index contributed by atoms with van der Waals surface area (Å²) < 4.78 is 5.14. The van der Waals surface area contributed by atoms with Gasteiger partial charge in [0.05, 0.1) is 18.8 Å². The Morgan fingerprint density at radius 1 is 1.42 bits per heavy atom. The second-order valence-electron chi connectivity index (χ2n) is 5.85. The molecule has 1 fully saturated rings. The Kier molecular flexibility index (Phi) is 3.49. The average molecular weight is 263 g/mol. The van der Waals surface area contributed by atoms with Gasteiger partial charge in [-0.05, 0) is 26.8 Å². The number of carbonyl (C=O) groups excluding carboxylic acids is 1. The van der Waals surface area contributed by atoms with Gasteiger partial charge in [-0.25, -0.2) is 4.98 Å². The molecule has 0 aromatic carbocycles. The van der Waals surface area contributed by atoms with Crippen LogP contribution < -0.4 is 10.5 Å². The highest BCUT2D eigenvalue weighted by Gasteiger charge is 2.44. The van der Waals surface area contributed by atoms with Crippen LogP contribution in [-0.2, 0) is 4.79 Å². The predicted octanol–water partition coefficient (Wildman–Crippen LogP) is 1.49. The minimum Gasteiger partial charge on any atom is -0.481 e. The van der Waals surface area contributed by atoms with Gasteiger partial charge in [-0.15, -0.1) is 0 Å². The molecule has 19 heavy (non-hydrogen) atoms. The first-order valence-electron chi connectivity index (χ1n) is 6.43. The number of nitrogens with zero attached hydrogens (tertiary/aromatic N) is 2. The maximum Gasteiger partial charge on any atom is 0.225 e. The van der Waals surface area contributed by atoms with Crippen LogP contribution in [-0.4, -0.2) is 34.5 Å². The summed E-state index contributed by atoms with van der Waals surface area (Å²) in [6.45, 7) is 6.03. The van der Waals surface area contributed by atoms with Crippen molar-refractivity contribution in [3.8, 4) is 5.88 Å². The van der Waals surface area contributed by atoms with Crippen LogP contribution in [0.25, 0.3) is 0 Å². The van der Waals surface area contributed by atoms with Gasteiger partial charge in [0.25, 0.3) is 0 Å². The smallest absolute Gasteiger partial charge is 0.225 e. The maximum absolute atomic E-state index is 12.2. The minimum absolute atomic E-state index is 0.0784. The van der Waals surface area contributed by atoms with E-state index in [1.807, 2.05) is 37.8 Å². The minimum atomic E-state index is -0.277. The van der Waals surface area contributed by atoms with E-state index in [-0.39, 0.29) is 23.5 Å². The summed E-state index contributed by atoms with van der Waals surface area (Å²) in [4.78, 5) is 18.4. The van der Waals surface area contributed by atoms with Crippen molar-refractivity contribution in [2.45, 2.75) is 44.8 Å². The van der Waals surface area contributed by atoms with Crippen molar-refractivity contribution in [1.29, 1.82) is 0 Å². The number of aromatic nitrogens is 1. The van der Waals surface area contributed by atoms with Gasteiger partial charge in [0.2, 0.25) is 11.8 Å². The van der Waals surface area contributed by atoms with Gasteiger partial charge in [-0.3, -0.25) is 4.79 Å². The summed E-state index contributed by atoms with van der Waals surface area (Å²) in [6, 6.07) is 5.13. The topological polar surface area (TPSA) is 68.5 Å². The van der Waals surface area contributed by atoms with E-state index < -0.39 is 0 Å². The highest BCUT2D eigenvalue weighted by molar-refractivity contribution is 5.81. The Labute approximate surface area is 113 Å². The molecule has 2 unspecified atom stereocenters. The second-order valence-corrected chi connectivity index (χ2v) is 5.85. The Hall–Kier alpha value is -1.62. The van der Waals surface area contributed by atoms with E-state index in [0.717, 1.165) is 5.69 Å². The highest BCUT2D eigenvalue weighted by atomic mass is 16.5. The van der Waals surface area contributed by atoms with E-state index in [9.17, 15) is 4.79 Å². The zero-order valence-corrected chi connectivity index (χ0v) is 11.9. The molecule has 1 aliphatic rings. The Morgan fingerprint density at radius 2 is 2.11 bits per heavy atom. The molecule has 1 aromatic rings. The molecule has 0 spiro atoms. The number of hydrogen-bond donors (Lipinski definition) is 1. The summed E-state index contributed by atoms with van der Waals surface area (Å²) in [5, 5.41) is 0. The molecular weight excluding hydrogens is 242 g/mol. The molecule has 1 saturated heterocycles. The van der Waals surface area contributed by atoms with E-state index >= 15 is 0 Å². The van der Waals surface area contributed by atoms with Gasteiger partial charge < -0.3 is 15.4 Å². The molecule has 1 amide bonds. The molecule has 1 aliphatic heterocycles. The maximum atomic E-state index is 12.2. The summed E-state index contributed by atoms with van der Waals surface area (Å²) >= 11 is 0. The van der Waals surface area contributed by atoms with E-state index in [0.29, 0.717) is 12.3 Å². The summed E-state index contributed by atoms with van der Waals surface area (Å²) in [7, 11) is 1.58. The largest absolute Gasteiger partial charge is 0.481 e. The van der Waals surface area contributed by atoms with Gasteiger partial charge in [0.15, 0.2) is 0 Å². The van der Waals surface area contributed by atoms with Gasteiger partial charge in [0, 0.05) is 24.1 Å². The molecule has 2 heterocycles. The number of methoxy groups -OCH3 is 1. The van der Waals surface area contributed by atoms with Crippen molar-refractivity contribution in [1.82, 2.24) is 9.88 Å². The summed E-state index contributed by atoms with van der Waals surface area (Å²) in [5.41, 5.74) is 6.64. The van der Waals surface area contributed by atoms with Crippen molar-refractivity contribution >= 4 is 5.91 Å². The normalized spacial score (nSPS) is 23.8. The monoisotopic (exact) mass is 263 g/mol. The van der Waals surface area contributed by atoms with E-state index in [1.165, 1.54) is 0 Å². The number of hydrogen-bond acceptors (Lipinski definition) is 4. The lowest BCUT2D eigenvalue weighted by molar-refractivity contribution is -0.133. The fraction of sp³-hybridized carbons (Fsp3) is 0.571. The Balaban J connectivity index is 2.42. The van der Waals surface area contributed by atoms with Crippen LogP contribution in [0.15, 0.2) is 18.2 Å². The molecule has 0 aliphatic carbocycles. The molecule has 2 atom stereocenters. The number of likely N-dealkylation sites (tertiary alicyclic amines) is 1. The third-order valence-electron chi connectivity index (χ3n) is 3.34. The van der Waals surface area contributed by atoms with E-state index in [2.05, 4.69) is 4.98 Å². The summed E-state index contributed by atoms with van der Waals surface area (Å²) in [6.07, 6.45) is 0.362. The van der Waals surface area contributed by atoms with Gasteiger partial charge >= 0.3 is 0 Å². The number of rotatable bonds is 2. The Morgan fingerprint density at radius 3 is 2.68 bits per heavy atom. The molecule has 1 aromatic heterocycles. The van der Waals surface area contributed by atoms with Crippen LogP contribution in [0.2, 0.25) is 0 Å². The molecule has 2 N–H and O–H groups in total. The van der Waals surface area contributed by atoms with Gasteiger partial charge in [-0.1, -0.05) is 6.07 Å². The van der Waals surface area contributed by atoms with Crippen molar-refractivity contribution in [3.63, 3.8) is 0 Å². The SMILES string of the molecule is COc1cccc(C2C(N)CC(=O)N2C(C)(C)C)n1. The zero-order valence-electron chi connectivity index (χ0n) is 11.9. The highest BCUT2D eigenvalue weighted by Crippen LogP contribution is 2.37. The first-order chi connectivity index (χ1) is 8.84. The van der Waals surface area contributed by atoms with Crippen LogP contribution in [0.1, 0.15) is 38.9 Å². The molecule has 0 bridgehead atoms. The third-order valence-corrected chi connectivity index (χ3v) is 3.34. The van der Waals surface area contributed by atoms with E-state index in [4.69, 9.17) is 10.5 Å². The molecule has 104 valence electrons. The zero-order chi connectivity index (χ0) is 14.2. The van der Waals surface area contributed by atoms with Crippen LogP contribution in [0.4, 0.5) is 0 Å². The van der Waals surface area contributed by atoms with Crippen LogP contribution in [0, 0.1) is 0 Å². The number of ether oxygens (including phenoxy) is 1. The molecular formula is C14H21N3O2. The predicted molar refractivity (Wildman–Crippen MR) is 72.7 cm³/mol. The fourth-order valence-electron chi connectivity index (χ4n) is 2.61. The second kappa shape index (κ2) is 4.81. The number of amides is 1. The molecule has 2 rings (SSSR count). The van der Waals surface area contributed by atoms with Crippen molar-refractivity contribution in [2.24, 2.45) is 5.73 Å². The molecule has 0 radical (unpaired) electrons.